The summed E-state index contributed by atoms with van der Waals surface area (Å²) in [6, 6.07) is 9.42. The van der Waals surface area contributed by atoms with Crippen LogP contribution in [0.25, 0.3) is 0 Å². The van der Waals surface area contributed by atoms with Gasteiger partial charge in [0, 0.05) is 38.7 Å². The van der Waals surface area contributed by atoms with E-state index in [0.29, 0.717) is 50.5 Å². The van der Waals surface area contributed by atoms with Crippen LogP contribution in [0.15, 0.2) is 34.9 Å². The lowest BCUT2D eigenvalue weighted by Crippen LogP contribution is -2.37. The molecule has 2 amide bonds. The number of hydrogen-bond donors (Lipinski definition) is 0. The summed E-state index contributed by atoms with van der Waals surface area (Å²) < 4.78 is 10.2. The standard InChI is InChI=1S/C20H25N3O4/c1-15-13-18(21-27-15)20(25)23-10-4-9-22(11-12-23)19(24)8-7-16-5-3-6-17(14-16)26-2/h3,5-6,13-14H,4,7-12H2,1-2H3. The lowest BCUT2D eigenvalue weighted by atomic mass is 10.1. The molecule has 0 aliphatic carbocycles. The molecule has 0 bridgehead atoms. The largest absolute Gasteiger partial charge is 0.497 e. The van der Waals surface area contributed by atoms with Crippen LogP contribution < -0.4 is 4.74 Å². The molecule has 0 spiro atoms. The Kier molecular flexibility index (Phi) is 6.11. The van der Waals surface area contributed by atoms with Gasteiger partial charge in [-0.2, -0.15) is 0 Å². The van der Waals surface area contributed by atoms with Gasteiger partial charge in [-0.1, -0.05) is 17.3 Å². The summed E-state index contributed by atoms with van der Waals surface area (Å²) in [7, 11) is 1.63. The molecule has 0 radical (unpaired) electrons. The van der Waals surface area contributed by atoms with Crippen LogP contribution in [-0.4, -0.2) is 60.1 Å². The van der Waals surface area contributed by atoms with E-state index in [2.05, 4.69) is 5.16 Å². The summed E-state index contributed by atoms with van der Waals surface area (Å²) in [4.78, 5) is 28.7. The first kappa shape index (κ1) is 18.9. The lowest BCUT2D eigenvalue weighted by Gasteiger charge is -2.21. The molecule has 0 atom stereocenters. The first-order chi connectivity index (χ1) is 13.1. The summed E-state index contributed by atoms with van der Waals surface area (Å²) in [5.74, 6) is 1.39. The predicted molar refractivity (Wildman–Crippen MR) is 99.7 cm³/mol. The zero-order chi connectivity index (χ0) is 19.2. The number of ether oxygens (including phenoxy) is 1. The third-order valence-electron chi connectivity index (χ3n) is 4.74. The van der Waals surface area contributed by atoms with E-state index in [9.17, 15) is 9.59 Å². The maximum atomic E-state index is 12.6. The number of methoxy groups -OCH3 is 1. The number of hydrogen-bond acceptors (Lipinski definition) is 5. The van der Waals surface area contributed by atoms with Crippen LogP contribution >= 0.6 is 0 Å². The maximum absolute atomic E-state index is 12.6. The molecule has 1 aliphatic rings. The van der Waals surface area contributed by atoms with Gasteiger partial charge in [-0.25, -0.2) is 0 Å². The molecule has 2 heterocycles. The van der Waals surface area contributed by atoms with Gasteiger partial charge in [-0.05, 0) is 37.5 Å². The second-order valence-corrected chi connectivity index (χ2v) is 6.70. The average Bonchev–Trinajstić information content (AvgIpc) is 2.97. The minimum Gasteiger partial charge on any atom is -0.497 e. The molecule has 2 aromatic rings. The SMILES string of the molecule is COc1cccc(CCC(=O)N2CCCN(C(=O)c3cc(C)on3)CC2)c1. The van der Waals surface area contributed by atoms with Gasteiger partial charge < -0.3 is 19.1 Å². The number of carbonyl (C=O) groups excluding carboxylic acids is 2. The minimum absolute atomic E-state index is 0.115. The number of aromatic nitrogens is 1. The van der Waals surface area contributed by atoms with Crippen molar-refractivity contribution in [1.82, 2.24) is 15.0 Å². The summed E-state index contributed by atoms with van der Waals surface area (Å²) in [6.07, 6.45) is 1.88. The summed E-state index contributed by atoms with van der Waals surface area (Å²) >= 11 is 0. The molecule has 144 valence electrons. The molecule has 1 aromatic heterocycles. The number of carbonyl (C=O) groups is 2. The zero-order valence-corrected chi connectivity index (χ0v) is 15.8. The second-order valence-electron chi connectivity index (χ2n) is 6.70. The fourth-order valence-electron chi connectivity index (χ4n) is 3.24. The molecule has 0 unspecified atom stereocenters. The third kappa shape index (κ3) is 4.87. The van der Waals surface area contributed by atoms with Crippen molar-refractivity contribution in [2.24, 2.45) is 0 Å². The summed E-state index contributed by atoms with van der Waals surface area (Å²) in [5.41, 5.74) is 1.40. The van der Waals surface area contributed by atoms with Gasteiger partial charge in [-0.3, -0.25) is 9.59 Å². The quantitative estimate of drug-likeness (QED) is 0.806. The monoisotopic (exact) mass is 371 g/mol. The maximum Gasteiger partial charge on any atom is 0.276 e. The van der Waals surface area contributed by atoms with E-state index in [4.69, 9.17) is 9.26 Å². The Morgan fingerprint density at radius 1 is 1.15 bits per heavy atom. The van der Waals surface area contributed by atoms with Gasteiger partial charge in [0.2, 0.25) is 5.91 Å². The molecule has 1 saturated heterocycles. The Morgan fingerprint density at radius 2 is 1.93 bits per heavy atom. The van der Waals surface area contributed by atoms with E-state index in [-0.39, 0.29) is 11.8 Å². The van der Waals surface area contributed by atoms with Crippen LogP contribution in [0.3, 0.4) is 0 Å². The Balaban J connectivity index is 1.52. The number of aryl methyl sites for hydroxylation is 2. The highest BCUT2D eigenvalue weighted by molar-refractivity contribution is 5.92. The van der Waals surface area contributed by atoms with Gasteiger partial charge in [0.05, 0.1) is 7.11 Å². The van der Waals surface area contributed by atoms with Gasteiger partial charge in [0.25, 0.3) is 5.91 Å². The van der Waals surface area contributed by atoms with Gasteiger partial charge in [-0.15, -0.1) is 0 Å². The van der Waals surface area contributed by atoms with Crippen LogP contribution in [0.1, 0.15) is 34.7 Å². The van der Waals surface area contributed by atoms with Crippen LogP contribution in [0.5, 0.6) is 5.75 Å². The molecular formula is C20H25N3O4. The van der Waals surface area contributed by atoms with E-state index in [0.717, 1.165) is 17.7 Å². The average molecular weight is 371 g/mol. The molecule has 0 saturated carbocycles. The lowest BCUT2D eigenvalue weighted by molar-refractivity contribution is -0.131. The number of benzene rings is 1. The fourth-order valence-corrected chi connectivity index (χ4v) is 3.24. The highest BCUT2D eigenvalue weighted by atomic mass is 16.5. The van der Waals surface area contributed by atoms with E-state index in [1.54, 1.807) is 25.0 Å². The highest BCUT2D eigenvalue weighted by Crippen LogP contribution is 2.15. The molecule has 1 fully saturated rings. The zero-order valence-electron chi connectivity index (χ0n) is 15.8. The molecule has 1 aromatic carbocycles. The Hall–Kier alpha value is -2.83. The van der Waals surface area contributed by atoms with Gasteiger partial charge in [0.1, 0.15) is 11.5 Å². The minimum atomic E-state index is -0.141. The van der Waals surface area contributed by atoms with Gasteiger partial charge >= 0.3 is 0 Å². The third-order valence-corrected chi connectivity index (χ3v) is 4.74. The van der Waals surface area contributed by atoms with E-state index >= 15 is 0 Å². The number of amides is 2. The van der Waals surface area contributed by atoms with Crippen molar-refractivity contribution in [3.05, 3.63) is 47.3 Å². The Morgan fingerprint density at radius 3 is 2.67 bits per heavy atom. The Labute approximate surface area is 158 Å². The van der Waals surface area contributed by atoms with Gasteiger partial charge in [0.15, 0.2) is 5.69 Å². The van der Waals surface area contributed by atoms with Crippen LogP contribution in [-0.2, 0) is 11.2 Å². The second kappa shape index (κ2) is 8.70. The molecular weight excluding hydrogens is 346 g/mol. The van der Waals surface area contributed by atoms with Crippen molar-refractivity contribution in [1.29, 1.82) is 0 Å². The highest BCUT2D eigenvalue weighted by Gasteiger charge is 2.24. The first-order valence-corrected chi connectivity index (χ1v) is 9.20. The number of rotatable bonds is 5. The Bertz CT molecular complexity index is 802. The number of nitrogens with zero attached hydrogens (tertiary/aromatic N) is 3. The smallest absolute Gasteiger partial charge is 0.276 e. The van der Waals surface area contributed by atoms with Crippen molar-refractivity contribution >= 4 is 11.8 Å². The van der Waals surface area contributed by atoms with Crippen molar-refractivity contribution in [2.75, 3.05) is 33.3 Å². The van der Waals surface area contributed by atoms with E-state index in [1.807, 2.05) is 29.2 Å². The fraction of sp³-hybridized carbons (Fsp3) is 0.450. The van der Waals surface area contributed by atoms with Crippen molar-refractivity contribution in [3.8, 4) is 5.75 Å². The van der Waals surface area contributed by atoms with Crippen molar-refractivity contribution in [3.63, 3.8) is 0 Å². The molecule has 27 heavy (non-hydrogen) atoms. The van der Waals surface area contributed by atoms with Crippen LogP contribution in [0.2, 0.25) is 0 Å². The van der Waals surface area contributed by atoms with E-state index < -0.39 is 0 Å². The van der Waals surface area contributed by atoms with Crippen molar-refractivity contribution < 1.29 is 18.8 Å². The summed E-state index contributed by atoms with van der Waals surface area (Å²) in [5, 5.41) is 3.80. The molecule has 3 rings (SSSR count). The van der Waals surface area contributed by atoms with Crippen LogP contribution in [0.4, 0.5) is 0 Å². The molecule has 1 aliphatic heterocycles. The first-order valence-electron chi connectivity index (χ1n) is 9.20. The van der Waals surface area contributed by atoms with E-state index in [1.165, 1.54) is 0 Å². The summed E-state index contributed by atoms with van der Waals surface area (Å²) in [6.45, 7) is 4.09. The predicted octanol–water partition coefficient (Wildman–Crippen LogP) is 2.30. The van der Waals surface area contributed by atoms with Crippen molar-refractivity contribution in [2.45, 2.75) is 26.2 Å². The topological polar surface area (TPSA) is 75.9 Å². The normalized spacial score (nSPS) is 14.7. The molecule has 0 N–H and O–H groups in total. The van der Waals surface area contributed by atoms with Crippen LogP contribution in [0, 0.1) is 6.92 Å². The molecule has 7 nitrogen and oxygen atoms in total. The molecule has 7 heteroatoms.